The van der Waals surface area contributed by atoms with E-state index in [-0.39, 0.29) is 5.91 Å². The van der Waals surface area contributed by atoms with Crippen molar-refractivity contribution in [2.24, 2.45) is 0 Å². The molecular formula is C18H16ClNO4. The van der Waals surface area contributed by atoms with Gasteiger partial charge in [-0.1, -0.05) is 35.9 Å². The topological polar surface area (TPSA) is 64.6 Å². The van der Waals surface area contributed by atoms with Crippen LogP contribution in [0.15, 0.2) is 42.5 Å². The van der Waals surface area contributed by atoms with Gasteiger partial charge in [-0.3, -0.25) is 4.79 Å². The van der Waals surface area contributed by atoms with E-state index in [2.05, 4.69) is 5.32 Å². The van der Waals surface area contributed by atoms with Gasteiger partial charge in [-0.2, -0.15) is 0 Å². The molecule has 1 heterocycles. The number of fused-ring (bicyclic) bond motifs is 1. The van der Waals surface area contributed by atoms with Crippen LogP contribution in [0.25, 0.3) is 0 Å². The molecule has 0 unspecified atom stereocenters. The van der Waals surface area contributed by atoms with Crippen molar-refractivity contribution in [3.8, 4) is 5.75 Å². The highest BCUT2D eigenvalue weighted by Crippen LogP contribution is 2.24. The Hall–Kier alpha value is -2.53. The lowest BCUT2D eigenvalue weighted by molar-refractivity contribution is -0.130. The van der Waals surface area contributed by atoms with Gasteiger partial charge in [0.2, 0.25) is 0 Å². The molecule has 1 aliphatic heterocycles. The van der Waals surface area contributed by atoms with Crippen molar-refractivity contribution in [1.29, 1.82) is 0 Å². The number of hydrogen-bond donors (Lipinski definition) is 1. The third kappa shape index (κ3) is 3.36. The van der Waals surface area contributed by atoms with Crippen molar-refractivity contribution in [2.45, 2.75) is 19.1 Å². The number of para-hydroxylation sites is 1. The van der Waals surface area contributed by atoms with Crippen LogP contribution < -0.4 is 10.1 Å². The van der Waals surface area contributed by atoms with Gasteiger partial charge >= 0.3 is 5.97 Å². The molecular weight excluding hydrogens is 330 g/mol. The van der Waals surface area contributed by atoms with Gasteiger partial charge in [0.15, 0.2) is 6.10 Å². The summed E-state index contributed by atoms with van der Waals surface area (Å²) in [7, 11) is 1.58. The molecule has 5 nitrogen and oxygen atoms in total. The number of hydrogen-bond acceptors (Lipinski definition) is 4. The number of nitrogens with one attached hydrogen (secondary N) is 1. The predicted octanol–water partition coefficient (Wildman–Crippen LogP) is 2.75. The lowest BCUT2D eigenvalue weighted by Crippen LogP contribution is -2.41. The average molecular weight is 346 g/mol. The quantitative estimate of drug-likeness (QED) is 0.865. The van der Waals surface area contributed by atoms with E-state index in [0.29, 0.717) is 29.3 Å². The third-order valence-electron chi connectivity index (χ3n) is 3.88. The van der Waals surface area contributed by atoms with Crippen LogP contribution in [0, 0.1) is 0 Å². The van der Waals surface area contributed by atoms with E-state index in [4.69, 9.17) is 21.1 Å². The number of carbonyl (C=O) groups excluding carboxylic acids is 2. The summed E-state index contributed by atoms with van der Waals surface area (Å²) in [5.74, 6) is -0.176. The van der Waals surface area contributed by atoms with Gasteiger partial charge in [-0.15, -0.1) is 0 Å². The van der Waals surface area contributed by atoms with Crippen molar-refractivity contribution in [1.82, 2.24) is 5.32 Å². The number of rotatable bonds is 4. The molecule has 0 aliphatic carbocycles. The maximum atomic E-state index is 12.3. The van der Waals surface area contributed by atoms with Crippen molar-refractivity contribution in [3.63, 3.8) is 0 Å². The SMILES string of the molecule is COc1ccccc1CNC(=O)[C@@H]1Cc2ccc(Cl)cc2C(=O)O1. The Kier molecular flexibility index (Phi) is 4.71. The lowest BCUT2D eigenvalue weighted by Gasteiger charge is -2.24. The predicted molar refractivity (Wildman–Crippen MR) is 89.2 cm³/mol. The maximum absolute atomic E-state index is 12.3. The number of halogens is 1. The first-order valence-electron chi connectivity index (χ1n) is 7.47. The molecule has 0 saturated carbocycles. The molecule has 3 rings (SSSR count). The van der Waals surface area contributed by atoms with Crippen LogP contribution in [-0.2, 0) is 22.5 Å². The largest absolute Gasteiger partial charge is 0.496 e. The van der Waals surface area contributed by atoms with Gasteiger partial charge in [0, 0.05) is 23.6 Å². The molecule has 0 spiro atoms. The van der Waals surface area contributed by atoms with E-state index in [0.717, 1.165) is 11.1 Å². The number of amides is 1. The monoisotopic (exact) mass is 345 g/mol. The Morgan fingerprint density at radius 2 is 2.12 bits per heavy atom. The average Bonchev–Trinajstić information content (AvgIpc) is 2.60. The molecule has 0 fully saturated rings. The second-order valence-corrected chi connectivity index (χ2v) is 5.87. The minimum absolute atomic E-state index is 0.296. The number of methoxy groups -OCH3 is 1. The maximum Gasteiger partial charge on any atom is 0.339 e. The fourth-order valence-corrected chi connectivity index (χ4v) is 2.81. The van der Waals surface area contributed by atoms with E-state index in [1.54, 1.807) is 25.3 Å². The second-order valence-electron chi connectivity index (χ2n) is 5.43. The van der Waals surface area contributed by atoms with E-state index in [1.165, 1.54) is 0 Å². The molecule has 1 atom stereocenters. The Bertz CT molecular complexity index is 790. The van der Waals surface area contributed by atoms with Gasteiger partial charge in [0.25, 0.3) is 5.91 Å². The van der Waals surface area contributed by atoms with Crippen molar-refractivity contribution in [3.05, 3.63) is 64.2 Å². The van der Waals surface area contributed by atoms with Gasteiger partial charge in [0.05, 0.1) is 12.7 Å². The molecule has 0 bridgehead atoms. The molecule has 0 saturated heterocycles. The summed E-state index contributed by atoms with van der Waals surface area (Å²) in [5, 5.41) is 3.25. The molecule has 2 aromatic carbocycles. The van der Waals surface area contributed by atoms with E-state index in [9.17, 15) is 9.59 Å². The molecule has 0 aromatic heterocycles. The summed E-state index contributed by atoms with van der Waals surface area (Å²) in [6.45, 7) is 0.296. The zero-order chi connectivity index (χ0) is 17.1. The summed E-state index contributed by atoms with van der Waals surface area (Å²) in [6, 6.07) is 12.4. The minimum Gasteiger partial charge on any atom is -0.496 e. The molecule has 1 amide bonds. The summed E-state index contributed by atoms with van der Waals surface area (Å²) < 4.78 is 10.5. The number of cyclic esters (lactones) is 1. The van der Waals surface area contributed by atoms with E-state index in [1.807, 2.05) is 24.3 Å². The summed E-state index contributed by atoms with van der Waals surface area (Å²) in [4.78, 5) is 24.4. The van der Waals surface area contributed by atoms with Crippen molar-refractivity contribution >= 4 is 23.5 Å². The van der Waals surface area contributed by atoms with Crippen LogP contribution in [0.5, 0.6) is 5.75 Å². The second kappa shape index (κ2) is 6.93. The van der Waals surface area contributed by atoms with Gasteiger partial charge in [-0.05, 0) is 23.8 Å². The zero-order valence-corrected chi connectivity index (χ0v) is 13.8. The summed E-state index contributed by atoms with van der Waals surface area (Å²) in [6.07, 6.45) is -0.517. The molecule has 24 heavy (non-hydrogen) atoms. The zero-order valence-electron chi connectivity index (χ0n) is 13.0. The first-order chi connectivity index (χ1) is 11.6. The fraction of sp³-hybridized carbons (Fsp3) is 0.222. The van der Waals surface area contributed by atoms with Crippen molar-refractivity contribution in [2.75, 3.05) is 7.11 Å². The molecule has 1 N–H and O–H groups in total. The van der Waals surface area contributed by atoms with Gasteiger partial charge in [-0.25, -0.2) is 4.79 Å². The first-order valence-corrected chi connectivity index (χ1v) is 7.85. The Balaban J connectivity index is 1.68. The van der Waals surface area contributed by atoms with Crippen LogP contribution >= 0.6 is 11.6 Å². The van der Waals surface area contributed by atoms with Gasteiger partial charge in [0.1, 0.15) is 5.75 Å². The highest BCUT2D eigenvalue weighted by Gasteiger charge is 2.31. The standard InChI is InChI=1S/C18H16ClNO4/c1-23-15-5-3-2-4-12(15)10-20-17(21)16-8-11-6-7-13(19)9-14(11)18(22)24-16/h2-7,9,16H,8,10H2,1H3,(H,20,21)/t16-/m0/s1. The first kappa shape index (κ1) is 16.3. The molecule has 2 aromatic rings. The van der Waals surface area contributed by atoms with E-state index >= 15 is 0 Å². The van der Waals surface area contributed by atoms with Gasteiger partial charge < -0.3 is 14.8 Å². The lowest BCUT2D eigenvalue weighted by atomic mass is 9.98. The minimum atomic E-state index is -0.846. The smallest absolute Gasteiger partial charge is 0.339 e. The third-order valence-corrected chi connectivity index (χ3v) is 4.12. The molecule has 1 aliphatic rings. The van der Waals surface area contributed by atoms with Crippen LogP contribution in [0.1, 0.15) is 21.5 Å². The van der Waals surface area contributed by atoms with E-state index < -0.39 is 12.1 Å². The van der Waals surface area contributed by atoms with Crippen LogP contribution in [0.2, 0.25) is 5.02 Å². The Morgan fingerprint density at radius 3 is 2.92 bits per heavy atom. The van der Waals surface area contributed by atoms with Crippen LogP contribution in [0.4, 0.5) is 0 Å². The number of benzene rings is 2. The molecule has 6 heteroatoms. The highest BCUT2D eigenvalue weighted by atomic mass is 35.5. The summed E-state index contributed by atoms with van der Waals surface area (Å²) >= 11 is 5.89. The van der Waals surface area contributed by atoms with Crippen LogP contribution in [-0.4, -0.2) is 25.1 Å². The normalized spacial score (nSPS) is 16.1. The fourth-order valence-electron chi connectivity index (χ4n) is 2.64. The highest BCUT2D eigenvalue weighted by molar-refractivity contribution is 6.31. The number of carbonyl (C=O) groups is 2. The number of esters is 1. The van der Waals surface area contributed by atoms with Crippen LogP contribution in [0.3, 0.4) is 0 Å². The summed E-state index contributed by atoms with van der Waals surface area (Å²) in [5.41, 5.74) is 2.02. The Labute approximate surface area is 144 Å². The molecule has 124 valence electrons. The van der Waals surface area contributed by atoms with Crippen molar-refractivity contribution < 1.29 is 19.1 Å². The number of ether oxygens (including phenoxy) is 2. The molecule has 0 radical (unpaired) electrons. The Morgan fingerprint density at radius 1 is 1.33 bits per heavy atom.